The minimum Gasteiger partial charge on any atom is -0.312 e. The number of rotatable bonds is 3. The fraction of sp³-hybridized carbons (Fsp3) is 0.133. The zero-order chi connectivity index (χ0) is 14.4. The third-order valence-electron chi connectivity index (χ3n) is 2.83. The number of guanidine groups is 1. The lowest BCUT2D eigenvalue weighted by atomic mass is 10.3. The van der Waals surface area contributed by atoms with Gasteiger partial charge in [-0.15, -0.1) is 0 Å². The van der Waals surface area contributed by atoms with Crippen LogP contribution in [0.2, 0.25) is 0 Å². The molecule has 0 bridgehead atoms. The van der Waals surface area contributed by atoms with E-state index in [1.807, 2.05) is 42.2 Å². The van der Waals surface area contributed by atoms with Crippen LogP contribution < -0.4 is 16.2 Å². The van der Waals surface area contributed by atoms with Crippen molar-refractivity contribution < 1.29 is 4.39 Å². The number of hydrogen-bond acceptors (Lipinski definition) is 2. The summed E-state index contributed by atoms with van der Waals surface area (Å²) in [5.74, 6) is 5.80. The molecule has 0 aromatic heterocycles. The lowest BCUT2D eigenvalue weighted by molar-refractivity contribution is 0.628. The van der Waals surface area contributed by atoms with Gasteiger partial charge in [-0.25, -0.2) is 15.2 Å². The van der Waals surface area contributed by atoms with Crippen molar-refractivity contribution in [2.24, 2.45) is 10.8 Å². The molecule has 2 aromatic carbocycles. The largest absolute Gasteiger partial charge is 0.312 e. The maximum atomic E-state index is 13.0. The van der Waals surface area contributed by atoms with Crippen molar-refractivity contribution in [2.75, 3.05) is 11.4 Å². The van der Waals surface area contributed by atoms with Crippen molar-refractivity contribution in [3.8, 4) is 0 Å². The van der Waals surface area contributed by atoms with Crippen molar-refractivity contribution in [1.82, 2.24) is 5.43 Å². The van der Waals surface area contributed by atoms with Gasteiger partial charge in [-0.1, -0.05) is 18.2 Å². The Labute approximate surface area is 117 Å². The van der Waals surface area contributed by atoms with E-state index in [0.717, 1.165) is 11.4 Å². The van der Waals surface area contributed by atoms with E-state index < -0.39 is 0 Å². The summed E-state index contributed by atoms with van der Waals surface area (Å²) in [6.07, 6.45) is 0. The van der Waals surface area contributed by atoms with E-state index >= 15 is 0 Å². The van der Waals surface area contributed by atoms with E-state index in [0.29, 0.717) is 12.5 Å². The third-order valence-corrected chi connectivity index (χ3v) is 2.83. The molecule has 0 atom stereocenters. The lowest BCUT2D eigenvalue weighted by Crippen LogP contribution is -2.44. The van der Waals surface area contributed by atoms with Gasteiger partial charge < -0.3 is 4.90 Å². The van der Waals surface area contributed by atoms with Crippen LogP contribution in [0.25, 0.3) is 0 Å². The summed E-state index contributed by atoms with van der Waals surface area (Å²) < 4.78 is 13.0. The van der Waals surface area contributed by atoms with Crippen molar-refractivity contribution in [1.29, 1.82) is 0 Å². The first-order chi connectivity index (χ1) is 9.74. The normalized spacial score (nSPS) is 11.2. The van der Waals surface area contributed by atoms with E-state index in [1.165, 1.54) is 12.1 Å². The van der Waals surface area contributed by atoms with Gasteiger partial charge in [-0.3, -0.25) is 5.43 Å². The summed E-state index contributed by atoms with van der Waals surface area (Å²) in [4.78, 5) is 6.33. The zero-order valence-corrected chi connectivity index (χ0v) is 11.3. The summed E-state index contributed by atoms with van der Waals surface area (Å²) in [7, 11) is 0. The molecule has 3 N–H and O–H groups in total. The predicted octanol–water partition coefficient (Wildman–Crippen LogP) is 2.80. The molecule has 20 heavy (non-hydrogen) atoms. The van der Waals surface area contributed by atoms with Crippen LogP contribution in [0.1, 0.15) is 6.92 Å². The lowest BCUT2D eigenvalue weighted by Gasteiger charge is -2.24. The van der Waals surface area contributed by atoms with Crippen molar-refractivity contribution in [2.45, 2.75) is 6.92 Å². The van der Waals surface area contributed by atoms with E-state index in [1.54, 1.807) is 12.1 Å². The number of hydrazine groups is 1. The first-order valence-electron chi connectivity index (χ1n) is 6.38. The first-order valence-corrected chi connectivity index (χ1v) is 6.38. The number of nitrogens with two attached hydrogens (primary N) is 1. The highest BCUT2D eigenvalue weighted by molar-refractivity contribution is 5.97. The first kappa shape index (κ1) is 14.0. The highest BCUT2D eigenvalue weighted by Gasteiger charge is 2.11. The fourth-order valence-corrected chi connectivity index (χ4v) is 1.87. The fourth-order valence-electron chi connectivity index (χ4n) is 1.87. The standard InChI is InChI=1S/C15H17FN4/c1-2-20(14-10-8-12(16)9-11-14)15(19-17)18-13-6-4-3-5-7-13/h3-11H,2,17H2,1H3,(H,18,19). The number of nitrogens with one attached hydrogen (secondary N) is 1. The van der Waals surface area contributed by atoms with Gasteiger partial charge in [0.05, 0.1) is 5.69 Å². The second-order valence-electron chi connectivity index (χ2n) is 4.14. The molecule has 0 aliphatic carbocycles. The molecule has 0 aliphatic heterocycles. The Hall–Kier alpha value is -2.40. The van der Waals surface area contributed by atoms with E-state index in [2.05, 4.69) is 10.4 Å². The minimum atomic E-state index is -0.271. The second-order valence-corrected chi connectivity index (χ2v) is 4.14. The SMILES string of the molecule is CCN(C(=Nc1ccccc1)NN)c1ccc(F)cc1. The van der Waals surface area contributed by atoms with Crippen LogP contribution in [0.5, 0.6) is 0 Å². The van der Waals surface area contributed by atoms with Crippen LogP contribution in [0, 0.1) is 5.82 Å². The Morgan fingerprint density at radius 1 is 1.15 bits per heavy atom. The molecule has 2 aromatic rings. The van der Waals surface area contributed by atoms with E-state index in [9.17, 15) is 4.39 Å². The van der Waals surface area contributed by atoms with E-state index in [-0.39, 0.29) is 5.82 Å². The minimum absolute atomic E-state index is 0.271. The van der Waals surface area contributed by atoms with E-state index in [4.69, 9.17) is 5.84 Å². The molecule has 0 spiro atoms. The van der Waals surface area contributed by atoms with Crippen molar-refractivity contribution in [3.63, 3.8) is 0 Å². The molecular formula is C15H17FN4. The van der Waals surface area contributed by atoms with Crippen LogP contribution >= 0.6 is 0 Å². The average molecular weight is 272 g/mol. The van der Waals surface area contributed by atoms with Crippen LogP contribution in [0.15, 0.2) is 59.6 Å². The maximum absolute atomic E-state index is 13.0. The number of aliphatic imine (C=N–C) groups is 1. The smallest absolute Gasteiger partial charge is 0.218 e. The summed E-state index contributed by atoms with van der Waals surface area (Å²) >= 11 is 0. The Balaban J connectivity index is 2.32. The molecule has 0 saturated carbocycles. The highest BCUT2D eigenvalue weighted by atomic mass is 19.1. The van der Waals surface area contributed by atoms with Crippen LogP contribution in [-0.2, 0) is 0 Å². The average Bonchev–Trinajstić information content (AvgIpc) is 2.49. The molecular weight excluding hydrogens is 255 g/mol. The van der Waals surface area contributed by atoms with Gasteiger partial charge in [-0.2, -0.15) is 0 Å². The Bertz CT molecular complexity index is 566. The second kappa shape index (κ2) is 6.68. The molecule has 0 radical (unpaired) electrons. The maximum Gasteiger partial charge on any atom is 0.218 e. The monoisotopic (exact) mass is 272 g/mol. The quantitative estimate of drug-likeness (QED) is 0.391. The van der Waals surface area contributed by atoms with Crippen molar-refractivity contribution >= 4 is 17.3 Å². The van der Waals surface area contributed by atoms with Gasteiger partial charge in [0.1, 0.15) is 5.82 Å². The highest BCUT2D eigenvalue weighted by Crippen LogP contribution is 2.17. The van der Waals surface area contributed by atoms with Crippen molar-refractivity contribution in [3.05, 3.63) is 60.4 Å². The Morgan fingerprint density at radius 2 is 1.80 bits per heavy atom. The molecule has 0 aliphatic rings. The zero-order valence-electron chi connectivity index (χ0n) is 11.3. The molecule has 0 saturated heterocycles. The number of para-hydroxylation sites is 1. The number of nitrogens with zero attached hydrogens (tertiary/aromatic N) is 2. The molecule has 4 nitrogen and oxygen atoms in total. The molecule has 0 amide bonds. The van der Waals surface area contributed by atoms with Crippen LogP contribution in [0.4, 0.5) is 15.8 Å². The molecule has 0 fully saturated rings. The predicted molar refractivity (Wildman–Crippen MR) is 80.3 cm³/mol. The van der Waals surface area contributed by atoms with Crippen LogP contribution in [-0.4, -0.2) is 12.5 Å². The Kier molecular flexibility index (Phi) is 4.68. The van der Waals surface area contributed by atoms with Crippen LogP contribution in [0.3, 0.4) is 0 Å². The number of halogens is 1. The van der Waals surface area contributed by atoms with Gasteiger partial charge >= 0.3 is 0 Å². The van der Waals surface area contributed by atoms with Gasteiger partial charge in [-0.05, 0) is 43.3 Å². The molecule has 104 valence electrons. The summed E-state index contributed by atoms with van der Waals surface area (Å²) in [6, 6.07) is 15.7. The summed E-state index contributed by atoms with van der Waals surface area (Å²) in [6.45, 7) is 2.63. The van der Waals surface area contributed by atoms with Gasteiger partial charge in [0.15, 0.2) is 0 Å². The third kappa shape index (κ3) is 3.33. The topological polar surface area (TPSA) is 53.6 Å². The number of anilines is 1. The summed E-state index contributed by atoms with van der Waals surface area (Å²) in [5.41, 5.74) is 4.21. The number of hydrogen-bond donors (Lipinski definition) is 2. The summed E-state index contributed by atoms with van der Waals surface area (Å²) in [5, 5.41) is 0. The molecule has 5 heteroatoms. The molecule has 2 rings (SSSR count). The van der Waals surface area contributed by atoms with Gasteiger partial charge in [0.2, 0.25) is 5.96 Å². The number of benzene rings is 2. The Morgan fingerprint density at radius 3 is 2.35 bits per heavy atom. The molecule has 0 unspecified atom stereocenters. The van der Waals surface area contributed by atoms with Gasteiger partial charge in [0.25, 0.3) is 0 Å². The van der Waals surface area contributed by atoms with Gasteiger partial charge in [0, 0.05) is 12.2 Å². The molecule has 0 heterocycles.